The molecule has 0 bridgehead atoms. The average molecular weight is 161 g/mol. The van der Waals surface area contributed by atoms with Gasteiger partial charge in [-0.3, -0.25) is 0 Å². The summed E-state index contributed by atoms with van der Waals surface area (Å²) in [5, 5.41) is 3.30. The first-order chi connectivity index (χ1) is 5.83. The van der Waals surface area contributed by atoms with Crippen LogP contribution in [0, 0.1) is 5.92 Å². The van der Waals surface area contributed by atoms with Crippen LogP contribution in [0.1, 0.15) is 6.42 Å². The molecule has 2 unspecified atom stereocenters. The van der Waals surface area contributed by atoms with Crippen molar-refractivity contribution in [3.8, 4) is 0 Å². The number of rotatable bonds is 0. The Kier molecular flexibility index (Phi) is 1.97. The zero-order chi connectivity index (χ0) is 8.55. The van der Waals surface area contributed by atoms with E-state index in [1.807, 2.05) is 19.8 Å². The topological polar surface area (TPSA) is 29.1 Å². The van der Waals surface area contributed by atoms with Gasteiger partial charge in [0.2, 0.25) is 0 Å². The number of allylic oxidation sites excluding steroid dienone is 1. The first kappa shape index (κ1) is 7.93. The normalized spacial score (nSPS) is 36.8. The minimum atomic E-state index is 0.209. The Labute approximate surface area is 72.9 Å². The molecule has 1 saturated heterocycles. The molecule has 1 aliphatic heterocycles. The van der Waals surface area contributed by atoms with Gasteiger partial charge in [0.05, 0.1) is 0 Å². The van der Waals surface area contributed by atoms with Gasteiger partial charge in [0.1, 0.15) is 0 Å². The second kappa shape index (κ2) is 2.98. The molecule has 3 heteroatoms. The van der Waals surface area contributed by atoms with E-state index in [1.54, 1.807) is 0 Å². The van der Waals surface area contributed by atoms with Gasteiger partial charge >= 0.3 is 72.2 Å². The van der Waals surface area contributed by atoms with Crippen molar-refractivity contribution in [3.05, 3.63) is 12.2 Å². The number of nitrogens with one attached hydrogen (secondary N) is 1. The molecular weight excluding hydrogens is 149 g/mol. The van der Waals surface area contributed by atoms with Gasteiger partial charge in [0.15, 0.2) is 0 Å². The monoisotopic (exact) mass is 161 g/mol. The average Bonchev–Trinajstić information content (AvgIpc) is 2.53. The molecule has 0 amide bonds. The van der Waals surface area contributed by atoms with Crippen LogP contribution in [0.5, 0.6) is 0 Å². The van der Waals surface area contributed by atoms with Gasteiger partial charge in [-0.15, -0.1) is 0 Å². The van der Waals surface area contributed by atoms with Gasteiger partial charge in [-0.05, 0) is 0 Å². The molecule has 0 spiro atoms. The predicted molar refractivity (Wildman–Crippen MR) is 50.7 cm³/mol. The molecule has 0 saturated carbocycles. The molecular formula is C9H12BNO. The standard InChI is InChI=1S/C9H12BNO/c1-10-7-2-3-8-6(9(7)12)4-5-11-8/h2-3,6,8,11H,4-5H2,1H3. The summed E-state index contributed by atoms with van der Waals surface area (Å²) in [6.45, 7) is 4.79. The summed E-state index contributed by atoms with van der Waals surface area (Å²) in [6.07, 6.45) is 5.03. The molecule has 2 rings (SSSR count). The van der Waals surface area contributed by atoms with Crippen molar-refractivity contribution in [1.29, 1.82) is 0 Å². The third-order valence-electron chi connectivity index (χ3n) is 2.68. The Bertz CT molecular complexity index is 270. The van der Waals surface area contributed by atoms with Crippen molar-refractivity contribution >= 4 is 18.2 Å². The molecule has 1 aliphatic carbocycles. The van der Waals surface area contributed by atoms with Gasteiger partial charge in [-0.1, -0.05) is 0 Å². The van der Waals surface area contributed by atoms with Crippen molar-refractivity contribution in [2.24, 2.45) is 5.92 Å². The van der Waals surface area contributed by atoms with Crippen molar-refractivity contribution in [3.63, 3.8) is 0 Å². The van der Waals surface area contributed by atoms with Crippen LogP contribution in [0.2, 0.25) is 6.82 Å². The number of carbonyl (C=O) groups is 1. The summed E-state index contributed by atoms with van der Waals surface area (Å²) < 4.78 is 0. The van der Waals surface area contributed by atoms with Gasteiger partial charge in [-0.2, -0.15) is 0 Å². The number of carbonyl (C=O) groups excluding carboxylic acids is 1. The summed E-state index contributed by atoms with van der Waals surface area (Å²) in [6, 6.07) is 0.307. The van der Waals surface area contributed by atoms with Crippen LogP contribution < -0.4 is 5.32 Å². The fourth-order valence-electron chi connectivity index (χ4n) is 1.97. The SMILES string of the molecule is CB=C1C=CC2NCCC2C1=O. The van der Waals surface area contributed by atoms with Crippen molar-refractivity contribution in [1.82, 2.24) is 5.32 Å². The van der Waals surface area contributed by atoms with Crippen molar-refractivity contribution in [2.75, 3.05) is 6.54 Å². The van der Waals surface area contributed by atoms with Crippen LogP contribution in [0.25, 0.3) is 0 Å². The van der Waals surface area contributed by atoms with Crippen LogP contribution in [-0.4, -0.2) is 30.8 Å². The number of ketones is 1. The van der Waals surface area contributed by atoms with E-state index in [4.69, 9.17) is 0 Å². The van der Waals surface area contributed by atoms with Gasteiger partial charge in [0.25, 0.3) is 0 Å². The van der Waals surface area contributed by atoms with Gasteiger partial charge in [0, 0.05) is 0 Å². The number of hydrogen-bond donors (Lipinski definition) is 1. The van der Waals surface area contributed by atoms with Crippen molar-refractivity contribution < 1.29 is 4.79 Å². The fourth-order valence-corrected chi connectivity index (χ4v) is 1.97. The summed E-state index contributed by atoms with van der Waals surface area (Å²) in [7, 11) is 0. The summed E-state index contributed by atoms with van der Waals surface area (Å²) in [5.74, 6) is 0.524. The molecule has 2 nitrogen and oxygen atoms in total. The van der Waals surface area contributed by atoms with E-state index in [1.165, 1.54) is 0 Å². The van der Waals surface area contributed by atoms with Crippen LogP contribution in [0.4, 0.5) is 0 Å². The van der Waals surface area contributed by atoms with Crippen LogP contribution in [0.3, 0.4) is 0 Å². The van der Waals surface area contributed by atoms with E-state index in [0.29, 0.717) is 11.8 Å². The molecule has 0 aromatic carbocycles. The molecule has 0 aromatic rings. The molecule has 1 N–H and O–H groups in total. The second-order valence-electron chi connectivity index (χ2n) is 3.34. The Hall–Kier alpha value is -0.695. The summed E-state index contributed by atoms with van der Waals surface area (Å²) in [4.78, 5) is 11.7. The molecule has 2 aliphatic rings. The molecule has 62 valence electrons. The van der Waals surface area contributed by atoms with E-state index in [2.05, 4.69) is 11.4 Å². The molecule has 1 heterocycles. The van der Waals surface area contributed by atoms with E-state index in [9.17, 15) is 4.79 Å². The molecule has 0 radical (unpaired) electrons. The number of fused-ring (bicyclic) bond motifs is 1. The second-order valence-corrected chi connectivity index (χ2v) is 3.34. The third kappa shape index (κ3) is 1.09. The first-order valence-corrected chi connectivity index (χ1v) is 4.45. The Morgan fingerprint density at radius 2 is 2.50 bits per heavy atom. The minimum absolute atomic E-state index is 0.209. The van der Waals surface area contributed by atoms with Crippen LogP contribution >= 0.6 is 0 Å². The third-order valence-corrected chi connectivity index (χ3v) is 2.68. The maximum absolute atomic E-state index is 11.7. The van der Waals surface area contributed by atoms with Crippen molar-refractivity contribution in [2.45, 2.75) is 19.3 Å². The maximum atomic E-state index is 11.7. The molecule has 1 fully saturated rings. The van der Waals surface area contributed by atoms with E-state index in [-0.39, 0.29) is 5.92 Å². The van der Waals surface area contributed by atoms with Gasteiger partial charge < -0.3 is 0 Å². The van der Waals surface area contributed by atoms with E-state index in [0.717, 1.165) is 18.4 Å². The van der Waals surface area contributed by atoms with Crippen LogP contribution in [0.15, 0.2) is 12.2 Å². The van der Waals surface area contributed by atoms with E-state index < -0.39 is 0 Å². The van der Waals surface area contributed by atoms with Crippen LogP contribution in [-0.2, 0) is 4.79 Å². The molecule has 0 aromatic heterocycles. The predicted octanol–water partition coefficient (Wildman–Crippen LogP) is 0.0281. The zero-order valence-corrected chi connectivity index (χ0v) is 7.21. The Morgan fingerprint density at radius 1 is 1.67 bits per heavy atom. The number of hydrogen-bond acceptors (Lipinski definition) is 2. The number of Topliss-reactive ketones (excluding diaryl/α,β-unsaturated/α-hetero) is 1. The van der Waals surface area contributed by atoms with Gasteiger partial charge in [-0.25, -0.2) is 0 Å². The quantitative estimate of drug-likeness (QED) is 0.507. The zero-order valence-electron chi connectivity index (χ0n) is 7.21. The fraction of sp³-hybridized carbons (Fsp3) is 0.556. The van der Waals surface area contributed by atoms with E-state index >= 15 is 0 Å². The summed E-state index contributed by atoms with van der Waals surface area (Å²) in [5.41, 5.74) is 0.875. The Morgan fingerprint density at radius 3 is 3.25 bits per heavy atom. The molecule has 2 atom stereocenters. The molecule has 12 heavy (non-hydrogen) atoms. The summed E-state index contributed by atoms with van der Waals surface area (Å²) >= 11 is 0. The Balaban J connectivity index is 2.31. The first-order valence-electron chi connectivity index (χ1n) is 4.45.